The Kier molecular flexibility index (Phi) is 34.9. The summed E-state index contributed by atoms with van der Waals surface area (Å²) in [5.74, 6) is -1.21. The van der Waals surface area contributed by atoms with Gasteiger partial charge in [-0.2, -0.15) is 0 Å². The molecule has 0 amide bonds. The van der Waals surface area contributed by atoms with Crippen molar-refractivity contribution in [3.05, 3.63) is 0 Å². The quantitative estimate of drug-likeness (QED) is 0.0313. The van der Waals surface area contributed by atoms with Crippen LogP contribution in [0.25, 0.3) is 0 Å². The molecular weight excluding hydrogens is 700 g/mol. The Morgan fingerprint density at radius 2 is 0.745 bits per heavy atom. The molecule has 328 valence electrons. The standard InChI is InChI=1S/C44H88N2O9/c1-6-10-14-18-24-38(47)34-45(35-39(48)25-19-15-11-7-2)28-22-30-54-42(51)32-44(5,53)33-43(52)55-31-23-29-46(36-40(49)26-20-16-12-8-3)37-41(50)27-21-17-13-9-4/h38-41,47-50,53H,6-37H2,1-5H3. The predicted molar refractivity (Wildman–Crippen MR) is 223 cm³/mol. The Labute approximate surface area is 336 Å². The van der Waals surface area contributed by atoms with E-state index < -0.39 is 42.0 Å². The van der Waals surface area contributed by atoms with Crippen LogP contribution in [0.5, 0.6) is 0 Å². The molecule has 0 aromatic carbocycles. The predicted octanol–water partition coefficient (Wildman–Crippen LogP) is 7.31. The number of hydrogen-bond donors (Lipinski definition) is 5. The average molecular weight is 789 g/mol. The third-order valence-electron chi connectivity index (χ3n) is 10.3. The fourth-order valence-electron chi connectivity index (χ4n) is 7.03. The van der Waals surface area contributed by atoms with Gasteiger partial charge in [-0.05, 0) is 45.4 Å². The van der Waals surface area contributed by atoms with Crippen LogP contribution in [-0.2, 0) is 19.1 Å². The van der Waals surface area contributed by atoms with Gasteiger partial charge in [0.05, 0.1) is 56.1 Å². The maximum atomic E-state index is 12.6. The number of aliphatic hydroxyl groups is 5. The van der Waals surface area contributed by atoms with Crippen LogP contribution in [0.1, 0.15) is 189 Å². The van der Waals surface area contributed by atoms with Crippen molar-refractivity contribution in [3.8, 4) is 0 Å². The summed E-state index contributed by atoms with van der Waals surface area (Å²) >= 11 is 0. The minimum Gasteiger partial charge on any atom is -0.466 e. The van der Waals surface area contributed by atoms with Gasteiger partial charge >= 0.3 is 11.9 Å². The molecule has 0 spiro atoms. The molecule has 0 aliphatic carbocycles. The van der Waals surface area contributed by atoms with Gasteiger partial charge in [0.15, 0.2) is 0 Å². The molecule has 0 radical (unpaired) electrons. The third-order valence-corrected chi connectivity index (χ3v) is 10.3. The molecule has 0 aliphatic rings. The van der Waals surface area contributed by atoms with E-state index >= 15 is 0 Å². The summed E-state index contributed by atoms with van der Waals surface area (Å²) < 4.78 is 10.8. The molecule has 0 saturated carbocycles. The molecule has 0 aromatic heterocycles. The van der Waals surface area contributed by atoms with Crippen LogP contribution in [-0.4, -0.2) is 130 Å². The van der Waals surface area contributed by atoms with E-state index in [0.29, 0.717) is 52.1 Å². The van der Waals surface area contributed by atoms with Crippen LogP contribution >= 0.6 is 0 Å². The monoisotopic (exact) mass is 789 g/mol. The Morgan fingerprint density at radius 1 is 0.473 bits per heavy atom. The van der Waals surface area contributed by atoms with E-state index in [0.717, 1.165) is 128 Å². The van der Waals surface area contributed by atoms with Gasteiger partial charge in [-0.3, -0.25) is 19.4 Å². The highest BCUT2D eigenvalue weighted by molar-refractivity contribution is 5.74. The number of rotatable bonds is 40. The number of unbranched alkanes of at least 4 members (excludes halogenated alkanes) is 12. The molecule has 11 heteroatoms. The van der Waals surface area contributed by atoms with E-state index in [4.69, 9.17) is 9.47 Å². The van der Waals surface area contributed by atoms with Crippen LogP contribution < -0.4 is 0 Å². The van der Waals surface area contributed by atoms with Crippen molar-refractivity contribution in [2.75, 3.05) is 52.5 Å². The molecular formula is C44H88N2O9. The smallest absolute Gasteiger partial charge is 0.308 e. The van der Waals surface area contributed by atoms with Crippen LogP contribution in [0.4, 0.5) is 0 Å². The van der Waals surface area contributed by atoms with Crippen molar-refractivity contribution in [1.82, 2.24) is 9.80 Å². The number of nitrogens with zero attached hydrogens (tertiary/aromatic N) is 2. The zero-order valence-electron chi connectivity index (χ0n) is 36.2. The Bertz CT molecular complexity index is 785. The number of ether oxygens (including phenoxy) is 2. The summed E-state index contributed by atoms with van der Waals surface area (Å²) in [5.41, 5.74) is -1.63. The molecule has 4 atom stereocenters. The SMILES string of the molecule is CCCCCCC(O)CN(CCCOC(=O)CC(C)(O)CC(=O)OCCCN(CC(O)CCCCCC)CC(O)CCCCCC)CC(O)CCCCCC. The minimum absolute atomic E-state index is 0.131. The topological polar surface area (TPSA) is 160 Å². The van der Waals surface area contributed by atoms with E-state index in [2.05, 4.69) is 37.5 Å². The molecule has 0 heterocycles. The maximum absolute atomic E-state index is 12.6. The molecule has 5 N–H and O–H groups in total. The van der Waals surface area contributed by atoms with Gasteiger partial charge in [0, 0.05) is 39.3 Å². The fourth-order valence-corrected chi connectivity index (χ4v) is 7.03. The average Bonchev–Trinajstić information content (AvgIpc) is 3.12. The lowest BCUT2D eigenvalue weighted by Gasteiger charge is -2.28. The number of carbonyl (C=O) groups is 2. The van der Waals surface area contributed by atoms with Gasteiger partial charge in [0.1, 0.15) is 0 Å². The highest BCUT2D eigenvalue weighted by Crippen LogP contribution is 2.17. The van der Waals surface area contributed by atoms with E-state index in [-0.39, 0.29) is 26.1 Å². The van der Waals surface area contributed by atoms with E-state index in [1.807, 2.05) is 0 Å². The number of aliphatic hydroxyl groups excluding tert-OH is 4. The van der Waals surface area contributed by atoms with Gasteiger partial charge in [0.25, 0.3) is 0 Å². The van der Waals surface area contributed by atoms with Crippen molar-refractivity contribution < 1.29 is 44.6 Å². The van der Waals surface area contributed by atoms with Crippen LogP contribution in [0, 0.1) is 0 Å². The lowest BCUT2D eigenvalue weighted by Crippen LogP contribution is -2.39. The number of hydrogen-bond acceptors (Lipinski definition) is 11. The van der Waals surface area contributed by atoms with Crippen molar-refractivity contribution in [3.63, 3.8) is 0 Å². The van der Waals surface area contributed by atoms with Gasteiger partial charge < -0.3 is 35.0 Å². The Morgan fingerprint density at radius 3 is 1.00 bits per heavy atom. The van der Waals surface area contributed by atoms with Crippen LogP contribution in [0.3, 0.4) is 0 Å². The van der Waals surface area contributed by atoms with Crippen molar-refractivity contribution in [2.45, 2.75) is 219 Å². The summed E-state index contributed by atoms with van der Waals surface area (Å²) in [6.07, 6.45) is 18.8. The fraction of sp³-hybridized carbons (Fsp3) is 0.955. The zero-order chi connectivity index (χ0) is 41.2. The van der Waals surface area contributed by atoms with E-state index in [9.17, 15) is 35.1 Å². The second-order valence-electron chi connectivity index (χ2n) is 16.5. The highest BCUT2D eigenvalue weighted by atomic mass is 16.5. The largest absolute Gasteiger partial charge is 0.466 e. The molecule has 0 aliphatic heterocycles. The van der Waals surface area contributed by atoms with Crippen molar-refractivity contribution in [1.29, 1.82) is 0 Å². The van der Waals surface area contributed by atoms with Gasteiger partial charge in [-0.15, -0.1) is 0 Å². The second kappa shape index (κ2) is 35.8. The molecule has 0 rings (SSSR count). The third kappa shape index (κ3) is 34.4. The maximum Gasteiger partial charge on any atom is 0.308 e. The summed E-state index contributed by atoms with van der Waals surface area (Å²) in [7, 11) is 0. The number of carbonyl (C=O) groups excluding carboxylic acids is 2. The molecule has 0 aromatic rings. The molecule has 55 heavy (non-hydrogen) atoms. The zero-order valence-corrected chi connectivity index (χ0v) is 36.2. The first kappa shape index (κ1) is 53.7. The Balaban J connectivity index is 4.77. The van der Waals surface area contributed by atoms with Gasteiger partial charge in [-0.25, -0.2) is 0 Å². The minimum atomic E-state index is -1.63. The first-order valence-corrected chi connectivity index (χ1v) is 22.6. The number of esters is 2. The van der Waals surface area contributed by atoms with Gasteiger partial charge in [-0.1, -0.05) is 130 Å². The summed E-state index contributed by atoms with van der Waals surface area (Å²) in [5, 5.41) is 53.5. The molecule has 0 bridgehead atoms. The van der Waals surface area contributed by atoms with Crippen LogP contribution in [0.15, 0.2) is 0 Å². The van der Waals surface area contributed by atoms with E-state index in [1.54, 1.807) is 0 Å². The lowest BCUT2D eigenvalue weighted by atomic mass is 9.98. The summed E-state index contributed by atoms with van der Waals surface area (Å²) in [6.45, 7) is 13.3. The summed E-state index contributed by atoms with van der Waals surface area (Å²) in [4.78, 5) is 29.3. The van der Waals surface area contributed by atoms with Crippen molar-refractivity contribution >= 4 is 11.9 Å². The molecule has 4 unspecified atom stereocenters. The summed E-state index contributed by atoms with van der Waals surface area (Å²) in [6, 6.07) is 0. The molecule has 11 nitrogen and oxygen atoms in total. The highest BCUT2D eigenvalue weighted by Gasteiger charge is 2.29. The van der Waals surface area contributed by atoms with Crippen molar-refractivity contribution in [2.24, 2.45) is 0 Å². The first-order chi connectivity index (χ1) is 26.3. The lowest BCUT2D eigenvalue weighted by molar-refractivity contribution is -0.154. The molecule has 0 fully saturated rings. The van der Waals surface area contributed by atoms with Gasteiger partial charge in [0.2, 0.25) is 0 Å². The van der Waals surface area contributed by atoms with E-state index in [1.165, 1.54) is 6.92 Å². The first-order valence-electron chi connectivity index (χ1n) is 22.6. The van der Waals surface area contributed by atoms with Crippen LogP contribution in [0.2, 0.25) is 0 Å². The Hall–Kier alpha value is -1.34. The normalized spacial score (nSPS) is 15.2. The molecule has 0 saturated heterocycles. The second-order valence-corrected chi connectivity index (χ2v) is 16.5.